The minimum Gasteiger partial charge on any atom is -0.435 e. The molecule has 0 radical (unpaired) electrons. The van der Waals surface area contributed by atoms with Gasteiger partial charge in [-0.2, -0.15) is 8.78 Å². The quantitative estimate of drug-likeness (QED) is 0.930. The summed E-state index contributed by atoms with van der Waals surface area (Å²) in [6.45, 7) is -2.33. The molecule has 1 unspecified atom stereocenters. The summed E-state index contributed by atoms with van der Waals surface area (Å²) in [5.74, 6) is -0.157. The number of hydrogen-bond acceptors (Lipinski definition) is 3. The van der Waals surface area contributed by atoms with Gasteiger partial charge in [-0.1, -0.05) is 12.8 Å². The average molecular weight is 299 g/mol. The molecule has 6 heteroatoms. The fourth-order valence-corrected chi connectivity index (χ4v) is 2.58. The van der Waals surface area contributed by atoms with Crippen LogP contribution in [0.5, 0.6) is 5.75 Å². The third kappa shape index (κ3) is 4.14. The smallest absolute Gasteiger partial charge is 0.387 e. The zero-order valence-corrected chi connectivity index (χ0v) is 11.7. The van der Waals surface area contributed by atoms with Gasteiger partial charge >= 0.3 is 6.61 Å². The number of carbonyl (C=O) groups is 1. The van der Waals surface area contributed by atoms with Crippen molar-refractivity contribution < 1.29 is 23.4 Å². The molecule has 0 aliphatic carbocycles. The van der Waals surface area contributed by atoms with Crippen molar-refractivity contribution in [3.05, 3.63) is 29.8 Å². The summed E-state index contributed by atoms with van der Waals surface area (Å²) in [5.41, 5.74) is 0.414. The molecule has 116 valence electrons. The lowest BCUT2D eigenvalue weighted by atomic mass is 10.1. The van der Waals surface area contributed by atoms with Gasteiger partial charge < -0.3 is 14.7 Å². The number of amides is 1. The van der Waals surface area contributed by atoms with E-state index in [0.717, 1.165) is 25.7 Å². The van der Waals surface area contributed by atoms with Crippen LogP contribution in [0.1, 0.15) is 36.0 Å². The molecule has 1 aromatic rings. The minimum atomic E-state index is -2.88. The average Bonchev–Trinajstić information content (AvgIpc) is 2.71. The Morgan fingerprint density at radius 1 is 1.29 bits per heavy atom. The van der Waals surface area contributed by atoms with Gasteiger partial charge in [0.05, 0.1) is 12.6 Å². The first-order valence-corrected chi connectivity index (χ1v) is 7.08. The van der Waals surface area contributed by atoms with Gasteiger partial charge in [-0.3, -0.25) is 4.79 Å². The van der Waals surface area contributed by atoms with Crippen molar-refractivity contribution in [3.8, 4) is 5.75 Å². The van der Waals surface area contributed by atoms with Crippen molar-refractivity contribution in [2.75, 3.05) is 13.2 Å². The second-order valence-electron chi connectivity index (χ2n) is 5.09. The van der Waals surface area contributed by atoms with Crippen molar-refractivity contribution in [3.63, 3.8) is 0 Å². The van der Waals surface area contributed by atoms with E-state index in [0.29, 0.717) is 12.1 Å². The maximum absolute atomic E-state index is 12.5. The van der Waals surface area contributed by atoms with Crippen LogP contribution >= 0.6 is 0 Å². The van der Waals surface area contributed by atoms with Crippen LogP contribution in [0.25, 0.3) is 0 Å². The van der Waals surface area contributed by atoms with Crippen molar-refractivity contribution in [1.82, 2.24) is 4.90 Å². The highest BCUT2D eigenvalue weighted by molar-refractivity contribution is 5.94. The van der Waals surface area contributed by atoms with Crippen LogP contribution in [0.15, 0.2) is 24.3 Å². The number of nitrogens with zero attached hydrogens (tertiary/aromatic N) is 1. The standard InChI is InChI=1S/C15H19F2NO3/c16-15(17)21-13-7-5-11(6-8-13)14(20)18-9-3-1-2-4-12(18)10-19/h5-8,12,15,19H,1-4,9-10H2. The Morgan fingerprint density at radius 3 is 2.62 bits per heavy atom. The third-order valence-electron chi connectivity index (χ3n) is 3.68. The van der Waals surface area contributed by atoms with Crippen molar-refractivity contribution >= 4 is 5.91 Å². The molecule has 2 rings (SSSR count). The molecule has 0 spiro atoms. The van der Waals surface area contributed by atoms with Crippen molar-refractivity contribution in [2.45, 2.75) is 38.3 Å². The number of halogens is 2. The lowest BCUT2D eigenvalue weighted by Gasteiger charge is -2.28. The van der Waals surface area contributed by atoms with Gasteiger partial charge in [0.2, 0.25) is 0 Å². The highest BCUT2D eigenvalue weighted by Crippen LogP contribution is 2.21. The lowest BCUT2D eigenvalue weighted by molar-refractivity contribution is -0.0498. The number of benzene rings is 1. The third-order valence-corrected chi connectivity index (χ3v) is 3.68. The summed E-state index contributed by atoms with van der Waals surface area (Å²) in [6.07, 6.45) is 3.74. The van der Waals surface area contributed by atoms with E-state index in [1.165, 1.54) is 24.3 Å². The molecule has 0 saturated carbocycles. The summed E-state index contributed by atoms with van der Waals surface area (Å²) < 4.78 is 28.4. The maximum atomic E-state index is 12.5. The number of alkyl halides is 2. The number of ether oxygens (including phenoxy) is 1. The van der Waals surface area contributed by atoms with Crippen LogP contribution in [0.3, 0.4) is 0 Å². The predicted octanol–water partition coefficient (Wildman–Crippen LogP) is 2.67. The van der Waals surface area contributed by atoms with Gasteiger partial charge in [0, 0.05) is 12.1 Å². The fourth-order valence-electron chi connectivity index (χ4n) is 2.58. The maximum Gasteiger partial charge on any atom is 0.387 e. The van der Waals surface area contributed by atoms with Gasteiger partial charge in [0.1, 0.15) is 5.75 Å². The fraction of sp³-hybridized carbons (Fsp3) is 0.533. The van der Waals surface area contributed by atoms with E-state index in [2.05, 4.69) is 4.74 Å². The summed E-state index contributed by atoms with van der Waals surface area (Å²) in [5, 5.41) is 9.43. The van der Waals surface area contributed by atoms with Gasteiger partial charge in [-0.05, 0) is 37.1 Å². The topological polar surface area (TPSA) is 49.8 Å². The van der Waals surface area contributed by atoms with Crippen LogP contribution in [-0.4, -0.2) is 41.7 Å². The molecule has 1 saturated heterocycles. The predicted molar refractivity (Wildman–Crippen MR) is 73.5 cm³/mol. The zero-order chi connectivity index (χ0) is 15.2. The number of rotatable bonds is 4. The van der Waals surface area contributed by atoms with E-state index < -0.39 is 6.61 Å². The van der Waals surface area contributed by atoms with Gasteiger partial charge in [-0.25, -0.2) is 0 Å². The Balaban J connectivity index is 2.10. The number of likely N-dealkylation sites (tertiary alicyclic amines) is 1. The molecular formula is C15H19F2NO3. The minimum absolute atomic E-state index is 0.0242. The van der Waals surface area contributed by atoms with Crippen LogP contribution in [0.2, 0.25) is 0 Å². The number of aliphatic hydroxyl groups is 1. The largest absolute Gasteiger partial charge is 0.435 e. The van der Waals surface area contributed by atoms with Crippen molar-refractivity contribution in [2.24, 2.45) is 0 Å². The Morgan fingerprint density at radius 2 is 2.00 bits per heavy atom. The van der Waals surface area contributed by atoms with Crippen LogP contribution < -0.4 is 4.74 Å². The normalized spacial score (nSPS) is 19.4. The Hall–Kier alpha value is -1.69. The van der Waals surface area contributed by atoms with Crippen LogP contribution in [0, 0.1) is 0 Å². The number of aliphatic hydroxyl groups excluding tert-OH is 1. The number of carbonyl (C=O) groups excluding carboxylic acids is 1. The second kappa shape index (κ2) is 7.36. The molecular weight excluding hydrogens is 280 g/mol. The van der Waals surface area contributed by atoms with E-state index in [1.807, 2.05) is 0 Å². The van der Waals surface area contributed by atoms with Crippen molar-refractivity contribution in [1.29, 1.82) is 0 Å². The molecule has 1 amide bonds. The Bertz CT molecular complexity index is 464. The SMILES string of the molecule is O=C(c1ccc(OC(F)F)cc1)N1CCCCCC1CO. The molecule has 21 heavy (non-hydrogen) atoms. The summed E-state index contributed by atoms with van der Waals surface area (Å²) in [4.78, 5) is 14.2. The van der Waals surface area contributed by atoms with E-state index in [1.54, 1.807) is 4.90 Å². The molecule has 0 aromatic heterocycles. The molecule has 0 bridgehead atoms. The molecule has 1 atom stereocenters. The highest BCUT2D eigenvalue weighted by atomic mass is 19.3. The van der Waals surface area contributed by atoms with Gasteiger partial charge in [-0.15, -0.1) is 0 Å². The summed E-state index contributed by atoms with van der Waals surface area (Å²) in [6, 6.07) is 5.48. The molecule has 1 aliphatic heterocycles. The molecule has 4 nitrogen and oxygen atoms in total. The molecule has 1 aliphatic rings. The van der Waals surface area contributed by atoms with Crippen LogP contribution in [0.4, 0.5) is 8.78 Å². The first-order chi connectivity index (χ1) is 10.1. The molecule has 1 N–H and O–H groups in total. The van der Waals surface area contributed by atoms with E-state index >= 15 is 0 Å². The summed E-state index contributed by atoms with van der Waals surface area (Å²) in [7, 11) is 0. The molecule has 1 fully saturated rings. The monoisotopic (exact) mass is 299 g/mol. The first-order valence-electron chi connectivity index (χ1n) is 7.08. The van der Waals surface area contributed by atoms with E-state index in [9.17, 15) is 18.7 Å². The number of hydrogen-bond donors (Lipinski definition) is 1. The molecule has 1 aromatic carbocycles. The lowest BCUT2D eigenvalue weighted by Crippen LogP contribution is -2.42. The van der Waals surface area contributed by atoms with Crippen LogP contribution in [-0.2, 0) is 0 Å². The summed E-state index contributed by atoms with van der Waals surface area (Å²) >= 11 is 0. The van der Waals surface area contributed by atoms with Gasteiger partial charge in [0.15, 0.2) is 0 Å². The van der Waals surface area contributed by atoms with Gasteiger partial charge in [0.25, 0.3) is 5.91 Å². The first kappa shape index (κ1) is 15.7. The van der Waals surface area contributed by atoms with E-state index in [-0.39, 0.29) is 24.3 Å². The van der Waals surface area contributed by atoms with E-state index in [4.69, 9.17) is 0 Å². The Kier molecular flexibility index (Phi) is 5.50. The Labute approximate surface area is 122 Å². The second-order valence-corrected chi connectivity index (χ2v) is 5.09. The zero-order valence-electron chi connectivity index (χ0n) is 11.7. The molecule has 1 heterocycles. The highest BCUT2D eigenvalue weighted by Gasteiger charge is 2.25.